The van der Waals surface area contributed by atoms with E-state index >= 15 is 0 Å². The molecule has 0 saturated carbocycles. The van der Waals surface area contributed by atoms with Crippen LogP contribution in [-0.4, -0.2) is 37.0 Å². The van der Waals surface area contributed by atoms with Crippen molar-refractivity contribution < 1.29 is 19.0 Å². The van der Waals surface area contributed by atoms with E-state index in [9.17, 15) is 4.79 Å². The number of methoxy groups -OCH3 is 3. The number of nitrogens with one attached hydrogen (secondary N) is 1. The first-order valence-corrected chi connectivity index (χ1v) is 9.29. The fraction of sp³-hybridized carbons (Fsp3) is 0.200. The summed E-state index contributed by atoms with van der Waals surface area (Å²) < 4.78 is 17.5. The third kappa shape index (κ3) is 4.48. The van der Waals surface area contributed by atoms with E-state index in [0.29, 0.717) is 38.6 Å². The lowest BCUT2D eigenvalue weighted by atomic mass is 10.1. The molecule has 1 unspecified atom stereocenters. The van der Waals surface area contributed by atoms with Crippen molar-refractivity contribution >= 4 is 34.9 Å². The van der Waals surface area contributed by atoms with Crippen molar-refractivity contribution in [3.63, 3.8) is 0 Å². The third-order valence-corrected chi connectivity index (χ3v) is 4.96. The van der Waals surface area contributed by atoms with E-state index in [1.807, 2.05) is 0 Å². The predicted molar refractivity (Wildman–Crippen MR) is 112 cm³/mol. The fourth-order valence-corrected chi connectivity index (χ4v) is 3.13. The van der Waals surface area contributed by atoms with E-state index < -0.39 is 6.10 Å². The lowest BCUT2D eigenvalue weighted by Gasteiger charge is -2.17. The number of carbonyl (C=O) groups is 1. The molecule has 0 aliphatic rings. The van der Waals surface area contributed by atoms with Crippen molar-refractivity contribution in [2.45, 2.75) is 6.10 Å². The maximum atomic E-state index is 12.8. The Morgan fingerprint density at radius 2 is 1.76 bits per heavy atom. The number of amides is 1. The average molecular weight is 436 g/mol. The van der Waals surface area contributed by atoms with Gasteiger partial charge in [0.2, 0.25) is 0 Å². The van der Waals surface area contributed by atoms with Crippen LogP contribution in [0.2, 0.25) is 10.0 Å². The standard InChI is InChI=1S/C20H19Cl2N3O4/c1-27-16-7-5-13(11-17(16)28-2)25-18(8-9-23-25)24-20(26)19(29-3)12-4-6-14(21)15(22)10-12/h4-11,19H,1-3H3,(H,24,26). The zero-order valence-corrected chi connectivity index (χ0v) is 17.5. The molecule has 0 spiro atoms. The Balaban J connectivity index is 1.87. The van der Waals surface area contributed by atoms with Crippen LogP contribution in [0.1, 0.15) is 11.7 Å². The maximum Gasteiger partial charge on any atom is 0.259 e. The van der Waals surface area contributed by atoms with Crippen LogP contribution in [0.25, 0.3) is 5.69 Å². The van der Waals surface area contributed by atoms with Crippen LogP contribution in [0.5, 0.6) is 11.5 Å². The van der Waals surface area contributed by atoms with Gasteiger partial charge in [0, 0.05) is 19.2 Å². The number of halogens is 2. The lowest BCUT2D eigenvalue weighted by molar-refractivity contribution is -0.126. The molecule has 0 saturated heterocycles. The average Bonchev–Trinajstić information content (AvgIpc) is 3.18. The largest absolute Gasteiger partial charge is 0.493 e. The quantitative estimate of drug-likeness (QED) is 0.590. The molecule has 3 rings (SSSR count). The van der Waals surface area contributed by atoms with E-state index in [-0.39, 0.29) is 5.91 Å². The number of hydrogen-bond acceptors (Lipinski definition) is 5. The molecule has 1 atom stereocenters. The Morgan fingerprint density at radius 1 is 1.00 bits per heavy atom. The van der Waals surface area contributed by atoms with Gasteiger partial charge in [-0.25, -0.2) is 4.68 Å². The minimum atomic E-state index is -0.876. The zero-order valence-electron chi connectivity index (χ0n) is 16.0. The SMILES string of the molecule is COc1ccc(-n2nccc2NC(=O)C(OC)c2ccc(Cl)c(Cl)c2)cc1OC. The monoisotopic (exact) mass is 435 g/mol. The van der Waals surface area contributed by atoms with E-state index in [4.69, 9.17) is 37.4 Å². The topological polar surface area (TPSA) is 74.6 Å². The van der Waals surface area contributed by atoms with Gasteiger partial charge >= 0.3 is 0 Å². The van der Waals surface area contributed by atoms with Gasteiger partial charge in [0.15, 0.2) is 17.6 Å². The number of hydrogen-bond donors (Lipinski definition) is 1. The molecule has 1 heterocycles. The molecular formula is C20H19Cl2N3O4. The second kappa shape index (κ2) is 9.17. The molecule has 1 aromatic heterocycles. The van der Waals surface area contributed by atoms with Crippen LogP contribution in [-0.2, 0) is 9.53 Å². The molecule has 0 aliphatic carbocycles. The number of aromatic nitrogens is 2. The van der Waals surface area contributed by atoms with Gasteiger partial charge in [-0.05, 0) is 29.8 Å². The van der Waals surface area contributed by atoms with E-state index in [2.05, 4.69) is 10.4 Å². The second-order valence-electron chi connectivity index (χ2n) is 5.95. The molecule has 29 heavy (non-hydrogen) atoms. The number of benzene rings is 2. The van der Waals surface area contributed by atoms with E-state index in [1.165, 1.54) is 7.11 Å². The molecule has 0 fully saturated rings. The van der Waals surface area contributed by atoms with Gasteiger partial charge in [-0.1, -0.05) is 29.3 Å². The fourth-order valence-electron chi connectivity index (χ4n) is 2.82. The summed E-state index contributed by atoms with van der Waals surface area (Å²) in [6, 6.07) is 11.9. The number of nitrogens with zero attached hydrogens (tertiary/aromatic N) is 2. The van der Waals surface area contributed by atoms with Gasteiger partial charge < -0.3 is 19.5 Å². The Labute approximate surface area is 178 Å². The number of ether oxygens (including phenoxy) is 3. The summed E-state index contributed by atoms with van der Waals surface area (Å²) in [5.41, 5.74) is 1.27. The zero-order chi connectivity index (χ0) is 21.0. The molecular weight excluding hydrogens is 417 g/mol. The van der Waals surface area contributed by atoms with Crippen LogP contribution in [0.4, 0.5) is 5.82 Å². The molecule has 0 aliphatic heterocycles. The lowest BCUT2D eigenvalue weighted by Crippen LogP contribution is -2.24. The van der Waals surface area contributed by atoms with E-state index in [1.54, 1.807) is 67.6 Å². The highest BCUT2D eigenvalue weighted by molar-refractivity contribution is 6.42. The van der Waals surface area contributed by atoms with E-state index in [0.717, 1.165) is 0 Å². The van der Waals surface area contributed by atoms with Crippen LogP contribution >= 0.6 is 23.2 Å². The Hall–Kier alpha value is -2.74. The van der Waals surface area contributed by atoms with Crippen molar-refractivity contribution in [2.75, 3.05) is 26.6 Å². The molecule has 0 bridgehead atoms. The summed E-state index contributed by atoms with van der Waals surface area (Å²) in [6.07, 6.45) is 0.700. The molecule has 7 nitrogen and oxygen atoms in total. The minimum absolute atomic E-state index is 0.342. The van der Waals surface area contributed by atoms with Crippen molar-refractivity contribution in [1.82, 2.24) is 9.78 Å². The molecule has 0 radical (unpaired) electrons. The van der Waals surface area contributed by atoms with Gasteiger partial charge in [0.25, 0.3) is 5.91 Å². The Bertz CT molecular complexity index is 1020. The molecule has 2 aromatic carbocycles. The van der Waals surface area contributed by atoms with Gasteiger partial charge in [-0.3, -0.25) is 4.79 Å². The van der Waals surface area contributed by atoms with Gasteiger partial charge in [-0.15, -0.1) is 0 Å². The smallest absolute Gasteiger partial charge is 0.259 e. The summed E-state index contributed by atoms with van der Waals surface area (Å²) in [7, 11) is 4.55. The highest BCUT2D eigenvalue weighted by atomic mass is 35.5. The molecule has 3 aromatic rings. The first kappa shape index (κ1) is 21.0. The van der Waals surface area contributed by atoms with Crippen molar-refractivity contribution in [3.05, 3.63) is 64.3 Å². The molecule has 152 valence electrons. The second-order valence-corrected chi connectivity index (χ2v) is 6.76. The first-order chi connectivity index (χ1) is 14.0. The Morgan fingerprint density at radius 3 is 2.41 bits per heavy atom. The van der Waals surface area contributed by atoms with Crippen LogP contribution < -0.4 is 14.8 Å². The van der Waals surface area contributed by atoms with Crippen molar-refractivity contribution in [1.29, 1.82) is 0 Å². The first-order valence-electron chi connectivity index (χ1n) is 8.53. The summed E-state index contributed by atoms with van der Waals surface area (Å²) in [6.45, 7) is 0. The number of anilines is 1. The predicted octanol–water partition coefficient (Wildman–Crippen LogP) is 4.52. The highest BCUT2D eigenvalue weighted by Gasteiger charge is 2.22. The molecule has 1 amide bonds. The summed E-state index contributed by atoms with van der Waals surface area (Å²) in [5, 5.41) is 7.85. The van der Waals surface area contributed by atoms with Gasteiger partial charge in [0.1, 0.15) is 5.82 Å². The summed E-state index contributed by atoms with van der Waals surface area (Å²) >= 11 is 12.0. The molecule has 1 N–H and O–H groups in total. The highest BCUT2D eigenvalue weighted by Crippen LogP contribution is 2.31. The van der Waals surface area contributed by atoms with Crippen LogP contribution in [0, 0.1) is 0 Å². The Kier molecular flexibility index (Phi) is 6.64. The third-order valence-electron chi connectivity index (χ3n) is 4.23. The number of carbonyl (C=O) groups excluding carboxylic acids is 1. The van der Waals surface area contributed by atoms with Crippen LogP contribution in [0.15, 0.2) is 48.7 Å². The minimum Gasteiger partial charge on any atom is -0.493 e. The van der Waals surface area contributed by atoms with Crippen LogP contribution in [0.3, 0.4) is 0 Å². The van der Waals surface area contributed by atoms with Gasteiger partial charge in [-0.2, -0.15) is 5.10 Å². The summed E-state index contributed by atoms with van der Waals surface area (Å²) in [4.78, 5) is 12.8. The normalized spacial score (nSPS) is 11.8. The van der Waals surface area contributed by atoms with Gasteiger partial charge in [0.05, 0.1) is 36.1 Å². The summed E-state index contributed by atoms with van der Waals surface area (Å²) in [5.74, 6) is 1.22. The van der Waals surface area contributed by atoms with Crippen molar-refractivity contribution in [2.24, 2.45) is 0 Å². The number of rotatable bonds is 7. The molecule has 9 heteroatoms. The van der Waals surface area contributed by atoms with Crippen molar-refractivity contribution in [3.8, 4) is 17.2 Å². The maximum absolute atomic E-state index is 12.8.